The van der Waals surface area contributed by atoms with Crippen molar-refractivity contribution in [1.29, 1.82) is 0 Å². The summed E-state index contributed by atoms with van der Waals surface area (Å²) in [5.74, 6) is -5.47. The summed E-state index contributed by atoms with van der Waals surface area (Å²) in [6, 6.07) is 0. The van der Waals surface area contributed by atoms with Crippen LogP contribution in [0.2, 0.25) is 0 Å². The van der Waals surface area contributed by atoms with Crippen molar-refractivity contribution in [2.24, 2.45) is 5.92 Å². The third-order valence-electron chi connectivity index (χ3n) is 3.36. The molecule has 0 radical (unpaired) electrons. The van der Waals surface area contributed by atoms with Gasteiger partial charge in [0.1, 0.15) is 17.9 Å². The molecular weight excluding hydrogens is 292 g/mol. The predicted octanol–water partition coefficient (Wildman–Crippen LogP) is 2.83. The lowest BCUT2D eigenvalue weighted by atomic mass is 10.0. The van der Waals surface area contributed by atoms with Gasteiger partial charge in [0.15, 0.2) is 0 Å². The number of ether oxygens (including phenoxy) is 1. The Morgan fingerprint density at radius 1 is 1.62 bits per heavy atom. The SMILES string of the molecule is C=C[C@@H]1Cc2c(C(F)F)nn(CC(=O)OCC)c2C1(F)F. The molecule has 0 aromatic carbocycles. The molecule has 116 valence electrons. The van der Waals surface area contributed by atoms with E-state index in [1.165, 1.54) is 0 Å². The van der Waals surface area contributed by atoms with Gasteiger partial charge in [0.05, 0.1) is 12.5 Å². The lowest BCUT2D eigenvalue weighted by Crippen LogP contribution is -2.26. The minimum Gasteiger partial charge on any atom is -0.465 e. The van der Waals surface area contributed by atoms with E-state index in [1.807, 2.05) is 0 Å². The number of rotatable bonds is 5. The highest BCUT2D eigenvalue weighted by Gasteiger charge is 2.52. The van der Waals surface area contributed by atoms with Crippen molar-refractivity contribution in [2.75, 3.05) is 6.61 Å². The van der Waals surface area contributed by atoms with Crippen molar-refractivity contribution >= 4 is 5.97 Å². The van der Waals surface area contributed by atoms with Gasteiger partial charge in [-0.15, -0.1) is 6.58 Å². The monoisotopic (exact) mass is 306 g/mol. The minimum absolute atomic E-state index is 0.0652. The first kappa shape index (κ1) is 15.5. The largest absolute Gasteiger partial charge is 0.465 e. The molecule has 2 rings (SSSR count). The molecule has 0 amide bonds. The first-order chi connectivity index (χ1) is 9.82. The highest BCUT2D eigenvalue weighted by molar-refractivity contribution is 5.69. The molecule has 21 heavy (non-hydrogen) atoms. The van der Waals surface area contributed by atoms with Crippen LogP contribution in [-0.2, 0) is 28.4 Å². The van der Waals surface area contributed by atoms with Gasteiger partial charge in [0, 0.05) is 5.56 Å². The highest BCUT2D eigenvalue weighted by Crippen LogP contribution is 2.48. The Bertz CT molecular complexity index is 569. The molecule has 0 bridgehead atoms. The molecular formula is C13H14F4N2O2. The molecule has 1 atom stereocenters. The van der Waals surface area contributed by atoms with Crippen molar-refractivity contribution in [3.63, 3.8) is 0 Å². The summed E-state index contributed by atoms with van der Waals surface area (Å²) in [4.78, 5) is 11.4. The van der Waals surface area contributed by atoms with E-state index in [9.17, 15) is 22.4 Å². The van der Waals surface area contributed by atoms with Crippen LogP contribution in [0.3, 0.4) is 0 Å². The van der Waals surface area contributed by atoms with Gasteiger partial charge in [-0.2, -0.15) is 13.9 Å². The molecule has 1 aromatic rings. The summed E-state index contributed by atoms with van der Waals surface area (Å²) >= 11 is 0. The van der Waals surface area contributed by atoms with Gasteiger partial charge in [0.25, 0.3) is 12.3 Å². The maximum Gasteiger partial charge on any atom is 0.327 e. The number of fused-ring (bicyclic) bond motifs is 1. The Morgan fingerprint density at radius 3 is 2.81 bits per heavy atom. The van der Waals surface area contributed by atoms with Gasteiger partial charge in [0.2, 0.25) is 0 Å². The number of carbonyl (C=O) groups excluding carboxylic acids is 1. The first-order valence-electron chi connectivity index (χ1n) is 6.37. The van der Waals surface area contributed by atoms with Crippen LogP contribution >= 0.6 is 0 Å². The predicted molar refractivity (Wildman–Crippen MR) is 65.1 cm³/mol. The Labute approximate surface area is 118 Å². The summed E-state index contributed by atoms with van der Waals surface area (Å²) in [5, 5.41) is 3.47. The third-order valence-corrected chi connectivity index (χ3v) is 3.36. The summed E-state index contributed by atoms with van der Waals surface area (Å²) in [6.45, 7) is 4.30. The molecule has 4 nitrogen and oxygen atoms in total. The topological polar surface area (TPSA) is 44.1 Å². The van der Waals surface area contributed by atoms with Gasteiger partial charge < -0.3 is 4.74 Å². The van der Waals surface area contributed by atoms with E-state index in [0.29, 0.717) is 4.68 Å². The number of carbonyl (C=O) groups is 1. The number of alkyl halides is 4. The van der Waals surface area contributed by atoms with E-state index < -0.39 is 42.2 Å². The molecule has 0 saturated carbocycles. The van der Waals surface area contributed by atoms with Crippen molar-refractivity contribution in [1.82, 2.24) is 9.78 Å². The number of hydrogen-bond donors (Lipinski definition) is 0. The molecule has 1 heterocycles. The van der Waals surface area contributed by atoms with Crippen molar-refractivity contribution in [3.8, 4) is 0 Å². The maximum absolute atomic E-state index is 14.2. The first-order valence-corrected chi connectivity index (χ1v) is 6.37. The van der Waals surface area contributed by atoms with E-state index in [4.69, 9.17) is 0 Å². The van der Waals surface area contributed by atoms with Crippen LogP contribution < -0.4 is 0 Å². The van der Waals surface area contributed by atoms with Crippen LogP contribution in [0, 0.1) is 5.92 Å². The molecule has 0 fully saturated rings. The number of nitrogens with zero attached hydrogens (tertiary/aromatic N) is 2. The second-order valence-electron chi connectivity index (χ2n) is 4.65. The van der Waals surface area contributed by atoms with E-state index >= 15 is 0 Å². The van der Waals surface area contributed by atoms with Crippen LogP contribution in [0.4, 0.5) is 17.6 Å². The van der Waals surface area contributed by atoms with Gasteiger partial charge in [-0.3, -0.25) is 9.48 Å². The van der Waals surface area contributed by atoms with Crippen LogP contribution in [0.15, 0.2) is 12.7 Å². The van der Waals surface area contributed by atoms with E-state index in [2.05, 4.69) is 16.4 Å². The average molecular weight is 306 g/mol. The van der Waals surface area contributed by atoms with Crippen LogP contribution in [0.25, 0.3) is 0 Å². The number of esters is 1. The lowest BCUT2D eigenvalue weighted by Gasteiger charge is -2.18. The van der Waals surface area contributed by atoms with Gasteiger partial charge >= 0.3 is 5.97 Å². The van der Waals surface area contributed by atoms with Crippen molar-refractivity contribution in [2.45, 2.75) is 32.2 Å². The molecule has 0 saturated heterocycles. The molecule has 1 aliphatic carbocycles. The van der Waals surface area contributed by atoms with Crippen molar-refractivity contribution in [3.05, 3.63) is 29.6 Å². The summed E-state index contributed by atoms with van der Waals surface area (Å²) < 4.78 is 59.6. The molecule has 0 unspecified atom stereocenters. The average Bonchev–Trinajstić information content (AvgIpc) is 2.86. The maximum atomic E-state index is 14.2. The van der Waals surface area contributed by atoms with Gasteiger partial charge in [-0.25, -0.2) is 8.78 Å². The van der Waals surface area contributed by atoms with E-state index in [0.717, 1.165) is 6.08 Å². The number of halogens is 4. The standard InChI is InChI=1S/C13H14F4N2O2/c1-3-7-5-8-10(12(14)15)18-19(6-9(20)21-4-2)11(8)13(7,16)17/h3,7,12H,1,4-6H2,2H3/t7-/m1/s1. The smallest absolute Gasteiger partial charge is 0.327 e. The number of allylic oxidation sites excluding steroid dienone is 1. The molecule has 1 aromatic heterocycles. The van der Waals surface area contributed by atoms with Crippen molar-refractivity contribution < 1.29 is 27.1 Å². The van der Waals surface area contributed by atoms with Crippen LogP contribution in [0.5, 0.6) is 0 Å². The zero-order valence-corrected chi connectivity index (χ0v) is 11.3. The lowest BCUT2D eigenvalue weighted by molar-refractivity contribution is -0.144. The fourth-order valence-electron chi connectivity index (χ4n) is 2.47. The van der Waals surface area contributed by atoms with E-state index in [1.54, 1.807) is 6.92 Å². The van der Waals surface area contributed by atoms with Crippen LogP contribution in [-0.4, -0.2) is 22.4 Å². The quantitative estimate of drug-likeness (QED) is 0.477. The zero-order valence-electron chi connectivity index (χ0n) is 11.3. The number of aromatic nitrogens is 2. The van der Waals surface area contributed by atoms with Gasteiger partial charge in [-0.1, -0.05) is 6.08 Å². The van der Waals surface area contributed by atoms with Crippen LogP contribution in [0.1, 0.15) is 30.3 Å². The highest BCUT2D eigenvalue weighted by atomic mass is 19.3. The molecule has 0 aliphatic heterocycles. The number of hydrogen-bond acceptors (Lipinski definition) is 3. The molecule has 1 aliphatic rings. The molecule has 8 heteroatoms. The summed E-state index contributed by atoms with van der Waals surface area (Å²) in [5.41, 5.74) is -1.56. The summed E-state index contributed by atoms with van der Waals surface area (Å²) in [7, 11) is 0. The van der Waals surface area contributed by atoms with Gasteiger partial charge in [-0.05, 0) is 13.3 Å². The third kappa shape index (κ3) is 2.54. The second kappa shape index (κ2) is 5.50. The second-order valence-corrected chi connectivity index (χ2v) is 4.65. The molecule has 0 N–H and O–H groups in total. The Hall–Kier alpha value is -1.86. The molecule has 0 spiro atoms. The Balaban J connectivity index is 2.47. The fraction of sp³-hybridized carbons (Fsp3) is 0.538. The zero-order chi connectivity index (χ0) is 15.8. The minimum atomic E-state index is -3.39. The fourth-order valence-corrected chi connectivity index (χ4v) is 2.47. The normalized spacial score (nSPS) is 19.6. The Kier molecular flexibility index (Phi) is 4.06. The summed E-state index contributed by atoms with van der Waals surface area (Å²) in [6.07, 6.45) is -2.22. The van der Waals surface area contributed by atoms with E-state index in [-0.39, 0.29) is 18.6 Å². The Morgan fingerprint density at radius 2 is 2.29 bits per heavy atom.